The van der Waals surface area contributed by atoms with Crippen molar-refractivity contribution in [1.82, 2.24) is 19.3 Å². The van der Waals surface area contributed by atoms with Gasteiger partial charge in [0.05, 0.1) is 17.8 Å². The molecule has 1 saturated heterocycles. The van der Waals surface area contributed by atoms with Gasteiger partial charge in [-0.1, -0.05) is 6.07 Å². The highest BCUT2D eigenvalue weighted by atomic mass is 19.1. The van der Waals surface area contributed by atoms with Crippen molar-refractivity contribution in [2.45, 2.75) is 19.1 Å². The van der Waals surface area contributed by atoms with Gasteiger partial charge in [-0.05, 0) is 49.4 Å². The van der Waals surface area contributed by atoms with E-state index in [-0.39, 0.29) is 17.7 Å². The molecule has 2 aromatic heterocycles. The minimum Gasteiger partial charge on any atom is -0.457 e. The number of anilines is 1. The molecule has 0 unspecified atom stereocenters. The minimum atomic E-state index is -0.716. The molecule has 0 aliphatic carbocycles. The Labute approximate surface area is 200 Å². The second-order valence-corrected chi connectivity index (χ2v) is 8.61. The quantitative estimate of drug-likeness (QED) is 0.402. The SMILES string of the molecule is COC1(C)CN(c2cc(Oc3ccc(-n4ncn(Cc5c(F)cccc5F)c4=O)cc3)ccn2)C1. The van der Waals surface area contributed by atoms with Crippen LogP contribution >= 0.6 is 0 Å². The number of rotatable bonds is 7. The molecule has 0 amide bonds. The highest BCUT2D eigenvalue weighted by molar-refractivity contribution is 5.49. The first-order valence-corrected chi connectivity index (χ1v) is 11.0. The van der Waals surface area contributed by atoms with E-state index < -0.39 is 17.3 Å². The lowest BCUT2D eigenvalue weighted by Crippen LogP contribution is -2.61. The highest BCUT2D eigenvalue weighted by Gasteiger charge is 2.39. The molecule has 0 N–H and O–H groups in total. The largest absolute Gasteiger partial charge is 0.457 e. The Hall–Kier alpha value is -4.05. The maximum absolute atomic E-state index is 14.0. The number of pyridine rings is 1. The summed E-state index contributed by atoms with van der Waals surface area (Å²) in [4.78, 5) is 19.3. The zero-order valence-electron chi connectivity index (χ0n) is 19.2. The average Bonchev–Trinajstić information content (AvgIpc) is 3.20. The molecule has 35 heavy (non-hydrogen) atoms. The molecule has 3 heterocycles. The van der Waals surface area contributed by atoms with E-state index in [0.717, 1.165) is 40.3 Å². The number of hydrogen-bond acceptors (Lipinski definition) is 6. The predicted molar refractivity (Wildman–Crippen MR) is 125 cm³/mol. The van der Waals surface area contributed by atoms with Crippen molar-refractivity contribution in [3.63, 3.8) is 0 Å². The van der Waals surface area contributed by atoms with Crippen LogP contribution in [0, 0.1) is 11.6 Å². The Morgan fingerprint density at radius 3 is 2.43 bits per heavy atom. The molecular weight excluding hydrogens is 456 g/mol. The van der Waals surface area contributed by atoms with Crippen LogP contribution in [-0.2, 0) is 11.3 Å². The van der Waals surface area contributed by atoms with Crippen molar-refractivity contribution in [2.75, 3.05) is 25.1 Å². The monoisotopic (exact) mass is 479 g/mol. The first-order valence-electron chi connectivity index (χ1n) is 11.0. The van der Waals surface area contributed by atoms with Crippen molar-refractivity contribution >= 4 is 5.82 Å². The molecule has 0 radical (unpaired) electrons. The number of hydrogen-bond donors (Lipinski definition) is 0. The maximum atomic E-state index is 14.0. The Morgan fingerprint density at radius 1 is 1.03 bits per heavy atom. The van der Waals surface area contributed by atoms with Gasteiger partial charge in [0.25, 0.3) is 0 Å². The third-order valence-electron chi connectivity index (χ3n) is 6.02. The van der Waals surface area contributed by atoms with Gasteiger partial charge in [-0.15, -0.1) is 0 Å². The van der Waals surface area contributed by atoms with Crippen LogP contribution in [0.3, 0.4) is 0 Å². The molecule has 0 spiro atoms. The molecule has 2 aromatic carbocycles. The Balaban J connectivity index is 1.29. The van der Waals surface area contributed by atoms with Crippen LogP contribution in [0.2, 0.25) is 0 Å². The highest BCUT2D eigenvalue weighted by Crippen LogP contribution is 2.31. The first-order chi connectivity index (χ1) is 16.8. The third kappa shape index (κ3) is 4.52. The van der Waals surface area contributed by atoms with Gasteiger partial charge in [0.1, 0.15) is 35.3 Å². The first kappa shape index (κ1) is 22.7. The molecule has 0 atom stereocenters. The number of nitrogens with zero attached hydrogens (tertiary/aromatic N) is 5. The van der Waals surface area contributed by atoms with Crippen LogP contribution < -0.4 is 15.3 Å². The molecule has 10 heteroatoms. The number of ether oxygens (including phenoxy) is 2. The van der Waals surface area contributed by atoms with E-state index in [2.05, 4.69) is 21.9 Å². The average molecular weight is 479 g/mol. The fraction of sp³-hybridized carbons (Fsp3) is 0.240. The third-order valence-corrected chi connectivity index (χ3v) is 6.02. The summed E-state index contributed by atoms with van der Waals surface area (Å²) in [6, 6.07) is 14.0. The van der Waals surface area contributed by atoms with Gasteiger partial charge in [-0.2, -0.15) is 9.78 Å². The number of aromatic nitrogens is 4. The molecule has 8 nitrogen and oxygen atoms in total. The maximum Gasteiger partial charge on any atom is 0.350 e. The summed E-state index contributed by atoms with van der Waals surface area (Å²) >= 11 is 0. The zero-order valence-corrected chi connectivity index (χ0v) is 19.2. The van der Waals surface area contributed by atoms with Crippen LogP contribution in [0.1, 0.15) is 12.5 Å². The van der Waals surface area contributed by atoms with E-state index in [9.17, 15) is 13.6 Å². The summed E-state index contributed by atoms with van der Waals surface area (Å²) in [5.74, 6) is 0.566. The van der Waals surface area contributed by atoms with Gasteiger partial charge in [0.2, 0.25) is 0 Å². The fourth-order valence-corrected chi connectivity index (χ4v) is 3.95. The van der Waals surface area contributed by atoms with Crippen molar-refractivity contribution in [3.8, 4) is 17.2 Å². The van der Waals surface area contributed by atoms with Gasteiger partial charge in [-0.3, -0.25) is 4.57 Å². The molecular formula is C25H23F2N5O3. The van der Waals surface area contributed by atoms with Crippen molar-refractivity contribution < 1.29 is 18.3 Å². The van der Waals surface area contributed by atoms with Crippen LogP contribution in [0.25, 0.3) is 5.69 Å². The molecule has 1 fully saturated rings. The van der Waals surface area contributed by atoms with E-state index in [1.54, 1.807) is 43.6 Å². The van der Waals surface area contributed by atoms with E-state index in [0.29, 0.717) is 17.2 Å². The molecule has 180 valence electrons. The van der Waals surface area contributed by atoms with E-state index in [1.807, 2.05) is 6.07 Å². The Kier molecular flexibility index (Phi) is 5.81. The summed E-state index contributed by atoms with van der Waals surface area (Å²) in [7, 11) is 1.70. The Bertz CT molecular complexity index is 1390. The predicted octanol–water partition coefficient (Wildman–Crippen LogP) is 3.77. The van der Waals surface area contributed by atoms with Crippen molar-refractivity contribution in [3.05, 3.63) is 94.8 Å². The van der Waals surface area contributed by atoms with Gasteiger partial charge < -0.3 is 14.4 Å². The number of halogens is 2. The van der Waals surface area contributed by atoms with Gasteiger partial charge in [0.15, 0.2) is 0 Å². The van der Waals surface area contributed by atoms with E-state index in [1.165, 1.54) is 12.4 Å². The molecule has 1 aliphatic rings. The second kappa shape index (κ2) is 8.95. The van der Waals surface area contributed by atoms with Crippen LogP contribution in [0.5, 0.6) is 11.5 Å². The summed E-state index contributed by atoms with van der Waals surface area (Å²) in [6.07, 6.45) is 2.94. The molecule has 4 aromatic rings. The summed E-state index contributed by atoms with van der Waals surface area (Å²) in [5.41, 5.74) is -0.384. The van der Waals surface area contributed by atoms with Crippen molar-refractivity contribution in [1.29, 1.82) is 0 Å². The van der Waals surface area contributed by atoms with E-state index in [4.69, 9.17) is 9.47 Å². The fourth-order valence-electron chi connectivity index (χ4n) is 3.95. The summed E-state index contributed by atoms with van der Waals surface area (Å²) < 4.78 is 41.7. The van der Waals surface area contributed by atoms with Crippen LogP contribution in [0.4, 0.5) is 14.6 Å². The lowest BCUT2D eigenvalue weighted by atomic mass is 9.96. The minimum absolute atomic E-state index is 0.164. The topological polar surface area (TPSA) is 74.4 Å². The summed E-state index contributed by atoms with van der Waals surface area (Å²) in [6.45, 7) is 3.29. The molecule has 0 bridgehead atoms. The lowest BCUT2D eigenvalue weighted by molar-refractivity contribution is -0.0171. The molecule has 0 saturated carbocycles. The van der Waals surface area contributed by atoms with Crippen LogP contribution in [-0.4, -0.2) is 45.1 Å². The standard InChI is InChI=1S/C25H23F2N5O3/c1-25(34-2)14-31(15-25)23-12-19(10-11-28-23)35-18-8-6-17(7-9-18)32-24(33)30(16-29-32)13-20-21(26)4-3-5-22(20)27/h3-12,16H,13-15H2,1-2H3. The summed E-state index contributed by atoms with van der Waals surface area (Å²) in [5, 5.41) is 4.08. The number of methoxy groups -OCH3 is 1. The van der Waals surface area contributed by atoms with Crippen molar-refractivity contribution in [2.24, 2.45) is 0 Å². The molecule has 5 rings (SSSR count). The lowest BCUT2D eigenvalue weighted by Gasteiger charge is -2.47. The van der Waals surface area contributed by atoms with Gasteiger partial charge >= 0.3 is 5.69 Å². The Morgan fingerprint density at radius 2 is 1.74 bits per heavy atom. The second-order valence-electron chi connectivity index (χ2n) is 8.61. The van der Waals surface area contributed by atoms with E-state index >= 15 is 0 Å². The molecule has 1 aliphatic heterocycles. The number of benzene rings is 2. The van der Waals surface area contributed by atoms with Gasteiger partial charge in [-0.25, -0.2) is 18.6 Å². The normalized spacial score (nSPS) is 14.6. The van der Waals surface area contributed by atoms with Gasteiger partial charge in [0, 0.05) is 38.0 Å². The van der Waals surface area contributed by atoms with Crippen LogP contribution in [0.15, 0.2) is 71.9 Å². The smallest absolute Gasteiger partial charge is 0.350 e. The zero-order chi connectivity index (χ0) is 24.6.